The molecule has 0 bridgehead atoms. The Morgan fingerprint density at radius 3 is 2.68 bits per heavy atom. The van der Waals surface area contributed by atoms with E-state index in [1.54, 1.807) is 10.3 Å². The van der Waals surface area contributed by atoms with Gasteiger partial charge in [0.1, 0.15) is 12.2 Å². The lowest BCUT2D eigenvalue weighted by Crippen LogP contribution is -2.57. The summed E-state index contributed by atoms with van der Waals surface area (Å²) in [4.78, 5) is 48.4. The number of morpholine rings is 1. The van der Waals surface area contributed by atoms with Gasteiger partial charge < -0.3 is 19.4 Å². The van der Waals surface area contributed by atoms with Crippen LogP contribution in [-0.4, -0.2) is 88.9 Å². The summed E-state index contributed by atoms with van der Waals surface area (Å²) in [6.45, 7) is 6.75. The fourth-order valence-corrected chi connectivity index (χ4v) is 5.27. The van der Waals surface area contributed by atoms with Crippen LogP contribution in [0.2, 0.25) is 0 Å². The Hall–Kier alpha value is -2.00. The molecule has 0 saturated carbocycles. The van der Waals surface area contributed by atoms with Crippen molar-refractivity contribution in [3.63, 3.8) is 0 Å². The first kappa shape index (κ1) is 19.3. The number of fused-ring (bicyclic) bond motifs is 1. The van der Waals surface area contributed by atoms with Crippen molar-refractivity contribution in [2.24, 2.45) is 5.92 Å². The molecule has 3 fully saturated rings. The van der Waals surface area contributed by atoms with Crippen LogP contribution in [0.3, 0.4) is 0 Å². The molecule has 8 nitrogen and oxygen atoms in total. The van der Waals surface area contributed by atoms with Gasteiger partial charge in [0.15, 0.2) is 0 Å². The Labute approximate surface area is 168 Å². The Kier molecular flexibility index (Phi) is 5.37. The molecule has 4 rings (SSSR count). The monoisotopic (exact) mass is 406 g/mol. The third-order valence-corrected chi connectivity index (χ3v) is 6.74. The number of hydrogen-bond donors (Lipinski definition) is 0. The summed E-state index contributed by atoms with van der Waals surface area (Å²) >= 11 is 1.43. The van der Waals surface area contributed by atoms with E-state index in [0.29, 0.717) is 45.0 Å². The molecule has 28 heavy (non-hydrogen) atoms. The Morgan fingerprint density at radius 2 is 2.04 bits per heavy atom. The first-order valence-electron chi connectivity index (χ1n) is 9.88. The van der Waals surface area contributed by atoms with E-state index < -0.39 is 0 Å². The maximum absolute atomic E-state index is 13.1. The van der Waals surface area contributed by atoms with E-state index in [2.05, 4.69) is 4.98 Å². The van der Waals surface area contributed by atoms with E-state index >= 15 is 0 Å². The van der Waals surface area contributed by atoms with Crippen molar-refractivity contribution in [3.8, 4) is 0 Å². The quantitative estimate of drug-likeness (QED) is 0.740. The number of carbonyl (C=O) groups excluding carboxylic acids is 3. The maximum atomic E-state index is 13.1. The molecule has 3 aliphatic rings. The maximum Gasteiger partial charge on any atom is 0.273 e. The number of ether oxygens (including phenoxy) is 1. The molecule has 3 saturated heterocycles. The minimum absolute atomic E-state index is 0.0564. The number of aryl methyl sites for hydroxylation is 1. The largest absolute Gasteiger partial charge is 0.378 e. The molecule has 152 valence electrons. The SMILES string of the molecule is CC[C@@H]1[C@H](C(=O)N2CCOCC2)C[C@@H]2CN(C(=O)c3csc(C)n3)CC(=O)N21. The van der Waals surface area contributed by atoms with Crippen LogP contribution >= 0.6 is 11.3 Å². The van der Waals surface area contributed by atoms with E-state index in [9.17, 15) is 14.4 Å². The molecule has 1 aromatic heterocycles. The summed E-state index contributed by atoms with van der Waals surface area (Å²) in [6, 6.07) is -0.198. The number of hydrogen-bond acceptors (Lipinski definition) is 6. The number of amides is 3. The van der Waals surface area contributed by atoms with Crippen molar-refractivity contribution >= 4 is 29.1 Å². The van der Waals surface area contributed by atoms with Crippen molar-refractivity contribution in [1.29, 1.82) is 0 Å². The highest BCUT2D eigenvalue weighted by Crippen LogP contribution is 2.36. The van der Waals surface area contributed by atoms with Gasteiger partial charge in [0.05, 0.1) is 30.2 Å². The summed E-state index contributed by atoms with van der Waals surface area (Å²) < 4.78 is 5.35. The van der Waals surface area contributed by atoms with Crippen LogP contribution in [0.15, 0.2) is 5.38 Å². The highest BCUT2D eigenvalue weighted by Gasteiger charge is 2.50. The van der Waals surface area contributed by atoms with Crippen LogP contribution in [0, 0.1) is 12.8 Å². The Bertz CT molecular complexity index is 776. The highest BCUT2D eigenvalue weighted by atomic mass is 32.1. The molecule has 0 spiro atoms. The Morgan fingerprint density at radius 1 is 1.29 bits per heavy atom. The lowest BCUT2D eigenvalue weighted by atomic mass is 9.95. The third-order valence-electron chi connectivity index (χ3n) is 5.97. The standard InChI is InChI=1S/C19H26N4O4S/c1-3-16-14(18(25)21-4-6-27-7-5-21)8-13-9-22(10-17(24)23(13)16)19(26)15-11-28-12(2)20-15/h11,13-14,16H,3-10H2,1-2H3/t13-,14-,16-/m1/s1. The molecule has 3 amide bonds. The van der Waals surface area contributed by atoms with Gasteiger partial charge in [0.2, 0.25) is 11.8 Å². The second-order valence-electron chi connectivity index (χ2n) is 7.65. The topological polar surface area (TPSA) is 83.0 Å². The van der Waals surface area contributed by atoms with Gasteiger partial charge in [-0.2, -0.15) is 0 Å². The van der Waals surface area contributed by atoms with Crippen LogP contribution in [0.4, 0.5) is 0 Å². The molecular weight excluding hydrogens is 380 g/mol. The normalized spacial score (nSPS) is 27.9. The lowest BCUT2D eigenvalue weighted by molar-refractivity contribution is -0.143. The summed E-state index contributed by atoms with van der Waals surface area (Å²) in [7, 11) is 0. The molecule has 3 aliphatic heterocycles. The zero-order valence-electron chi connectivity index (χ0n) is 16.3. The number of nitrogens with zero attached hydrogens (tertiary/aromatic N) is 4. The van der Waals surface area contributed by atoms with E-state index in [0.717, 1.165) is 11.4 Å². The van der Waals surface area contributed by atoms with Crippen molar-refractivity contribution in [2.75, 3.05) is 39.4 Å². The van der Waals surface area contributed by atoms with Crippen LogP contribution in [0.25, 0.3) is 0 Å². The third kappa shape index (κ3) is 3.41. The minimum atomic E-state index is -0.201. The minimum Gasteiger partial charge on any atom is -0.378 e. The lowest BCUT2D eigenvalue weighted by Gasteiger charge is -2.39. The van der Waals surface area contributed by atoms with Gasteiger partial charge in [0.25, 0.3) is 5.91 Å². The van der Waals surface area contributed by atoms with E-state index in [1.807, 2.05) is 23.6 Å². The molecule has 0 unspecified atom stereocenters. The van der Waals surface area contributed by atoms with Gasteiger partial charge in [-0.15, -0.1) is 11.3 Å². The molecule has 0 aliphatic carbocycles. The summed E-state index contributed by atoms with van der Waals surface area (Å²) in [5.74, 6) is -0.354. The summed E-state index contributed by atoms with van der Waals surface area (Å²) in [5, 5.41) is 2.57. The summed E-state index contributed by atoms with van der Waals surface area (Å²) in [5.41, 5.74) is 0.398. The fourth-order valence-electron chi connectivity index (χ4n) is 4.69. The van der Waals surface area contributed by atoms with Gasteiger partial charge in [-0.05, 0) is 19.8 Å². The first-order valence-corrected chi connectivity index (χ1v) is 10.8. The molecular formula is C19H26N4O4S. The zero-order valence-corrected chi connectivity index (χ0v) is 17.1. The van der Waals surface area contributed by atoms with E-state index in [4.69, 9.17) is 4.74 Å². The predicted octanol–water partition coefficient (Wildman–Crippen LogP) is 0.762. The van der Waals surface area contributed by atoms with Crippen LogP contribution in [0.1, 0.15) is 35.3 Å². The molecule has 3 atom stereocenters. The predicted molar refractivity (Wildman–Crippen MR) is 103 cm³/mol. The zero-order chi connectivity index (χ0) is 19.8. The van der Waals surface area contributed by atoms with Gasteiger partial charge >= 0.3 is 0 Å². The number of thiazole rings is 1. The number of carbonyl (C=O) groups is 3. The average molecular weight is 407 g/mol. The molecule has 1 aromatic rings. The van der Waals surface area contributed by atoms with Gasteiger partial charge in [-0.1, -0.05) is 6.92 Å². The summed E-state index contributed by atoms with van der Waals surface area (Å²) in [6.07, 6.45) is 1.35. The fraction of sp³-hybridized carbons (Fsp3) is 0.684. The first-order chi connectivity index (χ1) is 13.5. The van der Waals surface area contributed by atoms with Gasteiger partial charge in [-0.25, -0.2) is 4.98 Å². The Balaban J connectivity index is 1.50. The second-order valence-corrected chi connectivity index (χ2v) is 8.71. The highest BCUT2D eigenvalue weighted by molar-refractivity contribution is 7.09. The van der Waals surface area contributed by atoms with Crippen LogP contribution in [0.5, 0.6) is 0 Å². The molecule has 0 N–H and O–H groups in total. The van der Waals surface area contributed by atoms with Crippen molar-refractivity contribution in [3.05, 3.63) is 16.1 Å². The van der Waals surface area contributed by atoms with Gasteiger partial charge in [0, 0.05) is 31.1 Å². The molecule has 0 radical (unpaired) electrons. The van der Waals surface area contributed by atoms with E-state index in [1.165, 1.54) is 11.3 Å². The molecule has 9 heteroatoms. The second kappa shape index (κ2) is 7.79. The number of rotatable bonds is 3. The molecule has 4 heterocycles. The van der Waals surface area contributed by atoms with Crippen LogP contribution in [-0.2, 0) is 14.3 Å². The van der Waals surface area contributed by atoms with Crippen molar-refractivity contribution < 1.29 is 19.1 Å². The van der Waals surface area contributed by atoms with Crippen molar-refractivity contribution in [1.82, 2.24) is 19.7 Å². The van der Waals surface area contributed by atoms with Crippen molar-refractivity contribution in [2.45, 2.75) is 38.8 Å². The van der Waals surface area contributed by atoms with Gasteiger partial charge in [-0.3, -0.25) is 14.4 Å². The number of piperazine rings is 1. The smallest absolute Gasteiger partial charge is 0.273 e. The molecule has 0 aromatic carbocycles. The van der Waals surface area contributed by atoms with E-state index in [-0.39, 0.29) is 42.3 Å². The average Bonchev–Trinajstić information content (AvgIpc) is 3.31. The van der Waals surface area contributed by atoms with Crippen LogP contribution < -0.4 is 0 Å². The number of aromatic nitrogens is 1.